The Labute approximate surface area is 193 Å². The molecule has 0 bridgehead atoms. The fourth-order valence-corrected chi connectivity index (χ4v) is 4.03. The number of hydrogen-bond acceptors (Lipinski definition) is 5. The number of methoxy groups -OCH3 is 1. The van der Waals surface area contributed by atoms with Gasteiger partial charge in [0.05, 0.1) is 13.3 Å². The minimum Gasteiger partial charge on any atom is -0.497 e. The molecule has 1 aromatic heterocycles. The number of carbonyl (C=O) groups is 2. The first-order valence-corrected chi connectivity index (χ1v) is 10.8. The SMILES string of the molecule is C=CCN1CCN(C(=O)c2cnccn2)C(Cc2ccc(-c3cccc(OC)c3)cc2)C1=O. The quantitative estimate of drug-likeness (QED) is 0.525. The molecule has 7 nitrogen and oxygen atoms in total. The van der Waals surface area contributed by atoms with Crippen LogP contribution in [-0.4, -0.2) is 64.4 Å². The van der Waals surface area contributed by atoms with E-state index in [9.17, 15) is 9.59 Å². The van der Waals surface area contributed by atoms with Crippen LogP contribution in [0.1, 0.15) is 16.1 Å². The fourth-order valence-electron chi connectivity index (χ4n) is 4.03. The molecule has 0 N–H and O–H groups in total. The number of nitrogens with zero attached hydrogens (tertiary/aromatic N) is 4. The maximum Gasteiger partial charge on any atom is 0.274 e. The molecule has 1 unspecified atom stereocenters. The molecule has 2 aromatic carbocycles. The van der Waals surface area contributed by atoms with Gasteiger partial charge in [0, 0.05) is 38.4 Å². The van der Waals surface area contributed by atoms with E-state index in [-0.39, 0.29) is 17.5 Å². The van der Waals surface area contributed by atoms with E-state index in [1.54, 1.807) is 23.0 Å². The second-order valence-corrected chi connectivity index (χ2v) is 7.81. The third kappa shape index (κ3) is 4.92. The van der Waals surface area contributed by atoms with Crippen molar-refractivity contribution in [1.82, 2.24) is 19.8 Å². The molecule has 33 heavy (non-hydrogen) atoms. The normalized spacial score (nSPS) is 15.9. The number of ether oxygens (including phenoxy) is 1. The molecular formula is C26H26N4O3. The lowest BCUT2D eigenvalue weighted by atomic mass is 9.98. The molecular weight excluding hydrogens is 416 g/mol. The molecule has 0 radical (unpaired) electrons. The van der Waals surface area contributed by atoms with E-state index >= 15 is 0 Å². The van der Waals surface area contributed by atoms with Crippen LogP contribution in [0.3, 0.4) is 0 Å². The molecule has 4 rings (SSSR count). The molecule has 1 fully saturated rings. The van der Waals surface area contributed by atoms with E-state index in [0.29, 0.717) is 26.1 Å². The molecule has 2 heterocycles. The van der Waals surface area contributed by atoms with Crippen molar-refractivity contribution in [2.45, 2.75) is 12.5 Å². The molecule has 168 valence electrons. The Morgan fingerprint density at radius 2 is 1.97 bits per heavy atom. The summed E-state index contributed by atoms with van der Waals surface area (Å²) in [7, 11) is 1.65. The number of amides is 2. The van der Waals surface area contributed by atoms with Gasteiger partial charge < -0.3 is 14.5 Å². The summed E-state index contributed by atoms with van der Waals surface area (Å²) >= 11 is 0. The Balaban J connectivity index is 1.58. The van der Waals surface area contributed by atoms with Crippen molar-refractivity contribution in [3.8, 4) is 16.9 Å². The lowest BCUT2D eigenvalue weighted by Gasteiger charge is -2.40. The van der Waals surface area contributed by atoms with Gasteiger partial charge in [-0.3, -0.25) is 14.6 Å². The van der Waals surface area contributed by atoms with Crippen molar-refractivity contribution in [2.75, 3.05) is 26.7 Å². The maximum absolute atomic E-state index is 13.3. The van der Waals surface area contributed by atoms with Gasteiger partial charge >= 0.3 is 0 Å². The van der Waals surface area contributed by atoms with E-state index in [2.05, 4.69) is 16.5 Å². The second-order valence-electron chi connectivity index (χ2n) is 7.81. The van der Waals surface area contributed by atoms with Gasteiger partial charge in [-0.1, -0.05) is 42.5 Å². The topological polar surface area (TPSA) is 75.6 Å². The molecule has 1 aliphatic rings. The van der Waals surface area contributed by atoms with Gasteiger partial charge in [-0.25, -0.2) is 4.98 Å². The van der Waals surface area contributed by atoms with E-state index in [0.717, 1.165) is 22.4 Å². The highest BCUT2D eigenvalue weighted by Gasteiger charge is 2.37. The minimum absolute atomic E-state index is 0.0877. The summed E-state index contributed by atoms with van der Waals surface area (Å²) in [4.78, 5) is 37.9. The Hall–Kier alpha value is -4.00. The Morgan fingerprint density at radius 3 is 2.67 bits per heavy atom. The van der Waals surface area contributed by atoms with Crippen LogP contribution in [0.15, 0.2) is 79.8 Å². The summed E-state index contributed by atoms with van der Waals surface area (Å²) in [6.07, 6.45) is 6.55. The van der Waals surface area contributed by atoms with Crippen LogP contribution in [0.25, 0.3) is 11.1 Å². The van der Waals surface area contributed by atoms with Gasteiger partial charge in [0.25, 0.3) is 5.91 Å². The summed E-state index contributed by atoms with van der Waals surface area (Å²) < 4.78 is 5.32. The van der Waals surface area contributed by atoms with Crippen molar-refractivity contribution < 1.29 is 14.3 Å². The van der Waals surface area contributed by atoms with Gasteiger partial charge in [0.15, 0.2) is 0 Å². The average molecular weight is 443 g/mol. The molecule has 0 aliphatic carbocycles. The van der Waals surface area contributed by atoms with E-state index in [1.165, 1.54) is 18.6 Å². The molecule has 3 aromatic rings. The van der Waals surface area contributed by atoms with Crippen molar-refractivity contribution >= 4 is 11.8 Å². The molecule has 2 amide bonds. The van der Waals surface area contributed by atoms with Crippen LogP contribution in [0.2, 0.25) is 0 Å². The first kappa shape index (κ1) is 22.2. The van der Waals surface area contributed by atoms with Crippen LogP contribution in [-0.2, 0) is 11.2 Å². The number of rotatable bonds is 7. The van der Waals surface area contributed by atoms with Crippen LogP contribution < -0.4 is 4.74 Å². The molecule has 0 spiro atoms. The molecule has 1 atom stereocenters. The van der Waals surface area contributed by atoms with Gasteiger partial charge in [0.2, 0.25) is 5.91 Å². The number of carbonyl (C=O) groups excluding carboxylic acids is 2. The zero-order chi connectivity index (χ0) is 23.2. The number of piperazine rings is 1. The summed E-state index contributed by atoms with van der Waals surface area (Å²) in [5.74, 6) is 0.424. The highest BCUT2D eigenvalue weighted by Crippen LogP contribution is 2.25. The van der Waals surface area contributed by atoms with E-state index in [1.807, 2.05) is 48.5 Å². The number of aromatic nitrogens is 2. The predicted octanol–water partition coefficient (Wildman–Crippen LogP) is 3.23. The van der Waals surface area contributed by atoms with Crippen LogP contribution in [0.5, 0.6) is 5.75 Å². The van der Waals surface area contributed by atoms with Crippen molar-refractivity contribution in [1.29, 1.82) is 0 Å². The van der Waals surface area contributed by atoms with Crippen molar-refractivity contribution in [3.05, 3.63) is 91.0 Å². The van der Waals surface area contributed by atoms with Gasteiger partial charge in [-0.15, -0.1) is 6.58 Å². The van der Waals surface area contributed by atoms with Crippen LogP contribution >= 0.6 is 0 Å². The molecule has 7 heteroatoms. The van der Waals surface area contributed by atoms with Gasteiger partial charge in [-0.05, 0) is 28.8 Å². The lowest BCUT2D eigenvalue weighted by Crippen LogP contribution is -2.59. The largest absolute Gasteiger partial charge is 0.497 e. The summed E-state index contributed by atoms with van der Waals surface area (Å²) in [5.41, 5.74) is 3.30. The smallest absolute Gasteiger partial charge is 0.274 e. The fraction of sp³-hybridized carbons (Fsp3) is 0.231. The molecule has 1 saturated heterocycles. The number of benzene rings is 2. The third-order valence-corrected chi connectivity index (χ3v) is 5.76. The highest BCUT2D eigenvalue weighted by molar-refractivity contribution is 5.96. The average Bonchev–Trinajstić information content (AvgIpc) is 2.87. The Morgan fingerprint density at radius 1 is 1.15 bits per heavy atom. The second kappa shape index (κ2) is 10.1. The van der Waals surface area contributed by atoms with Gasteiger partial charge in [-0.2, -0.15) is 0 Å². The van der Waals surface area contributed by atoms with Crippen molar-refractivity contribution in [3.63, 3.8) is 0 Å². The molecule has 1 aliphatic heterocycles. The third-order valence-electron chi connectivity index (χ3n) is 5.76. The van der Waals surface area contributed by atoms with Crippen LogP contribution in [0, 0.1) is 0 Å². The summed E-state index contributed by atoms with van der Waals surface area (Å²) in [6, 6.07) is 15.3. The van der Waals surface area contributed by atoms with Gasteiger partial charge in [0.1, 0.15) is 17.5 Å². The predicted molar refractivity (Wildman–Crippen MR) is 126 cm³/mol. The first-order chi connectivity index (χ1) is 16.1. The maximum atomic E-state index is 13.3. The Bertz CT molecular complexity index is 1130. The number of hydrogen-bond donors (Lipinski definition) is 0. The monoisotopic (exact) mass is 442 g/mol. The van der Waals surface area contributed by atoms with Crippen molar-refractivity contribution in [2.24, 2.45) is 0 Å². The standard InChI is InChI=1S/C26H26N4O3/c1-3-13-29-14-15-30(25(31)23-18-27-11-12-28-23)24(26(29)32)16-19-7-9-20(10-8-19)21-5-4-6-22(17-21)33-2/h3-12,17-18,24H,1,13-16H2,2H3. The highest BCUT2D eigenvalue weighted by atomic mass is 16.5. The zero-order valence-electron chi connectivity index (χ0n) is 18.6. The summed E-state index contributed by atoms with van der Waals surface area (Å²) in [6.45, 7) is 5.10. The summed E-state index contributed by atoms with van der Waals surface area (Å²) in [5, 5.41) is 0. The Kier molecular flexibility index (Phi) is 6.78. The first-order valence-electron chi connectivity index (χ1n) is 10.8. The minimum atomic E-state index is -0.615. The molecule has 0 saturated carbocycles. The van der Waals surface area contributed by atoms with Crippen LogP contribution in [0.4, 0.5) is 0 Å². The lowest BCUT2D eigenvalue weighted by molar-refractivity contribution is -0.139. The van der Waals surface area contributed by atoms with E-state index < -0.39 is 6.04 Å². The van der Waals surface area contributed by atoms with E-state index in [4.69, 9.17) is 4.74 Å². The zero-order valence-corrected chi connectivity index (χ0v) is 18.6.